The van der Waals surface area contributed by atoms with E-state index in [0.29, 0.717) is 24.6 Å². The quantitative estimate of drug-likeness (QED) is 0.848. The third kappa shape index (κ3) is 1.99. The molecular formula is C15H12ClN3O3. The van der Waals surface area contributed by atoms with Crippen molar-refractivity contribution in [2.24, 2.45) is 0 Å². The van der Waals surface area contributed by atoms with Gasteiger partial charge in [0.1, 0.15) is 16.4 Å². The minimum atomic E-state index is -1.13. The second-order valence-electron chi connectivity index (χ2n) is 5.13. The van der Waals surface area contributed by atoms with E-state index in [1.54, 1.807) is 6.20 Å². The van der Waals surface area contributed by atoms with E-state index < -0.39 is 5.79 Å². The van der Waals surface area contributed by atoms with Gasteiger partial charge in [-0.05, 0) is 0 Å². The van der Waals surface area contributed by atoms with Crippen molar-refractivity contribution < 1.29 is 14.3 Å². The average Bonchev–Trinajstić information content (AvgIpc) is 3.23. The molecule has 22 heavy (non-hydrogen) atoms. The molecule has 1 aromatic heterocycles. The minimum absolute atomic E-state index is 0.0711. The molecule has 1 aromatic carbocycles. The Bertz CT molecular complexity index is 763. The van der Waals surface area contributed by atoms with E-state index >= 15 is 0 Å². The molecular weight excluding hydrogens is 306 g/mol. The first kappa shape index (κ1) is 13.6. The predicted molar refractivity (Wildman–Crippen MR) is 78.8 cm³/mol. The molecule has 2 aliphatic rings. The molecule has 0 radical (unpaired) electrons. The Balaban J connectivity index is 1.78. The Labute approximate surface area is 131 Å². The highest BCUT2D eigenvalue weighted by Crippen LogP contribution is 2.44. The summed E-state index contributed by atoms with van der Waals surface area (Å²) in [5.74, 6) is -1.34. The Kier molecular flexibility index (Phi) is 3.11. The largest absolute Gasteiger partial charge is 0.342 e. The number of carbonyl (C=O) groups excluding carboxylic acids is 1. The lowest BCUT2D eigenvalue weighted by atomic mass is 10.2. The standard InChI is InChI=1S/C15H12ClN3O3/c16-13-12(20)8-15(21-6-7-22-15)14(13)19-9-11(17-18-19)10-4-2-1-3-5-10/h1-5,9H,6-8H2. The molecule has 0 N–H and O–H groups in total. The zero-order valence-electron chi connectivity index (χ0n) is 11.5. The van der Waals surface area contributed by atoms with Crippen LogP contribution in [0.5, 0.6) is 0 Å². The van der Waals surface area contributed by atoms with Crippen molar-refractivity contribution in [1.82, 2.24) is 15.0 Å². The summed E-state index contributed by atoms with van der Waals surface area (Å²) < 4.78 is 12.8. The molecule has 0 saturated carbocycles. The smallest absolute Gasteiger partial charge is 0.221 e. The molecule has 2 heterocycles. The molecule has 4 rings (SSSR count). The Hall–Kier alpha value is -2.02. The van der Waals surface area contributed by atoms with Crippen LogP contribution in [0.3, 0.4) is 0 Å². The first-order valence-corrected chi connectivity index (χ1v) is 7.27. The molecule has 1 aliphatic carbocycles. The number of rotatable bonds is 2. The van der Waals surface area contributed by atoms with Crippen LogP contribution in [0.2, 0.25) is 0 Å². The van der Waals surface area contributed by atoms with Crippen LogP contribution in [0.4, 0.5) is 0 Å². The monoisotopic (exact) mass is 317 g/mol. The molecule has 0 bridgehead atoms. The van der Waals surface area contributed by atoms with Gasteiger partial charge in [0.2, 0.25) is 5.79 Å². The average molecular weight is 318 g/mol. The zero-order chi connectivity index (χ0) is 15.2. The summed E-state index contributed by atoms with van der Waals surface area (Å²) in [6.07, 6.45) is 1.79. The summed E-state index contributed by atoms with van der Waals surface area (Å²) in [5.41, 5.74) is 2.02. The number of hydrogen-bond donors (Lipinski definition) is 0. The molecule has 2 aromatic rings. The molecule has 0 atom stereocenters. The highest BCUT2D eigenvalue weighted by atomic mass is 35.5. The third-order valence-electron chi connectivity index (χ3n) is 3.75. The lowest BCUT2D eigenvalue weighted by Gasteiger charge is -2.23. The van der Waals surface area contributed by atoms with E-state index in [1.807, 2.05) is 30.3 Å². The minimum Gasteiger partial charge on any atom is -0.342 e. The van der Waals surface area contributed by atoms with Gasteiger partial charge in [0, 0.05) is 5.56 Å². The molecule has 112 valence electrons. The van der Waals surface area contributed by atoms with E-state index in [1.165, 1.54) is 4.68 Å². The van der Waals surface area contributed by atoms with Crippen LogP contribution >= 0.6 is 11.6 Å². The van der Waals surface area contributed by atoms with Crippen molar-refractivity contribution in [3.05, 3.63) is 41.6 Å². The van der Waals surface area contributed by atoms with Gasteiger partial charge in [0.05, 0.1) is 25.8 Å². The summed E-state index contributed by atoms with van der Waals surface area (Å²) in [5, 5.41) is 8.32. The normalized spacial score (nSPS) is 20.3. The van der Waals surface area contributed by atoms with Gasteiger partial charge in [0.25, 0.3) is 0 Å². The highest BCUT2D eigenvalue weighted by molar-refractivity contribution is 6.46. The van der Waals surface area contributed by atoms with Crippen LogP contribution in [-0.2, 0) is 14.3 Å². The van der Waals surface area contributed by atoms with E-state index in [4.69, 9.17) is 21.1 Å². The summed E-state index contributed by atoms with van der Waals surface area (Å²) in [4.78, 5) is 12.0. The van der Waals surface area contributed by atoms with Gasteiger partial charge in [0.15, 0.2) is 5.78 Å². The molecule has 1 aliphatic heterocycles. The van der Waals surface area contributed by atoms with Gasteiger partial charge in [-0.25, -0.2) is 4.68 Å². The fourth-order valence-electron chi connectivity index (χ4n) is 2.75. The second-order valence-corrected chi connectivity index (χ2v) is 5.50. The predicted octanol–water partition coefficient (Wildman–Crippen LogP) is 2.07. The van der Waals surface area contributed by atoms with Crippen LogP contribution in [0.15, 0.2) is 41.6 Å². The first-order valence-electron chi connectivity index (χ1n) is 6.89. The van der Waals surface area contributed by atoms with Crippen LogP contribution < -0.4 is 0 Å². The van der Waals surface area contributed by atoms with Gasteiger partial charge in [-0.2, -0.15) is 0 Å². The Morgan fingerprint density at radius 3 is 2.64 bits per heavy atom. The zero-order valence-corrected chi connectivity index (χ0v) is 12.3. The lowest BCUT2D eigenvalue weighted by Crippen LogP contribution is -2.32. The Morgan fingerprint density at radius 2 is 1.91 bits per heavy atom. The van der Waals surface area contributed by atoms with Crippen LogP contribution in [0.1, 0.15) is 6.42 Å². The number of halogens is 1. The van der Waals surface area contributed by atoms with Crippen LogP contribution in [0, 0.1) is 0 Å². The van der Waals surface area contributed by atoms with Crippen molar-refractivity contribution in [1.29, 1.82) is 0 Å². The van der Waals surface area contributed by atoms with Gasteiger partial charge < -0.3 is 9.47 Å². The van der Waals surface area contributed by atoms with E-state index in [2.05, 4.69) is 10.3 Å². The van der Waals surface area contributed by atoms with Gasteiger partial charge >= 0.3 is 0 Å². The number of carbonyl (C=O) groups is 1. The number of nitrogens with zero attached hydrogens (tertiary/aromatic N) is 3. The number of aromatic nitrogens is 3. The summed E-state index contributed by atoms with van der Waals surface area (Å²) in [7, 11) is 0. The Morgan fingerprint density at radius 1 is 1.18 bits per heavy atom. The first-order chi connectivity index (χ1) is 10.7. The molecule has 7 heteroatoms. The van der Waals surface area contributed by atoms with Crippen molar-refractivity contribution in [2.75, 3.05) is 13.2 Å². The number of benzene rings is 1. The van der Waals surface area contributed by atoms with Crippen LogP contribution in [0.25, 0.3) is 17.0 Å². The maximum Gasteiger partial charge on any atom is 0.221 e. The van der Waals surface area contributed by atoms with E-state index in [0.717, 1.165) is 5.56 Å². The molecule has 1 saturated heterocycles. The summed E-state index contributed by atoms with van der Waals surface area (Å²) >= 11 is 6.17. The fourth-order valence-corrected chi connectivity index (χ4v) is 3.05. The number of ether oxygens (including phenoxy) is 2. The SMILES string of the molecule is O=C1CC2(OCCO2)C(n2cc(-c3ccccc3)nn2)=C1Cl. The van der Waals surface area contributed by atoms with Crippen molar-refractivity contribution >= 4 is 23.1 Å². The van der Waals surface area contributed by atoms with Gasteiger partial charge in [-0.3, -0.25) is 4.79 Å². The van der Waals surface area contributed by atoms with Gasteiger partial charge in [-0.15, -0.1) is 5.10 Å². The third-order valence-corrected chi connectivity index (χ3v) is 4.14. The fraction of sp³-hybridized carbons (Fsp3) is 0.267. The number of Topliss-reactive ketones (excluding diaryl/α,β-unsaturated/α-hetero) is 1. The van der Waals surface area contributed by atoms with Crippen molar-refractivity contribution in [3.63, 3.8) is 0 Å². The van der Waals surface area contributed by atoms with E-state index in [9.17, 15) is 4.79 Å². The summed E-state index contributed by atoms with van der Waals surface area (Å²) in [6.45, 7) is 0.836. The maximum atomic E-state index is 12.0. The molecule has 0 unspecified atom stereocenters. The number of allylic oxidation sites excluding steroid dienone is 1. The summed E-state index contributed by atoms with van der Waals surface area (Å²) in [6, 6.07) is 9.64. The molecule has 0 amide bonds. The molecule has 1 fully saturated rings. The van der Waals surface area contributed by atoms with Crippen molar-refractivity contribution in [2.45, 2.75) is 12.2 Å². The molecule has 1 spiro atoms. The number of ketones is 1. The van der Waals surface area contributed by atoms with Crippen LogP contribution in [-0.4, -0.2) is 39.8 Å². The van der Waals surface area contributed by atoms with Crippen molar-refractivity contribution in [3.8, 4) is 11.3 Å². The van der Waals surface area contributed by atoms with Gasteiger partial charge in [-0.1, -0.05) is 47.1 Å². The number of hydrogen-bond acceptors (Lipinski definition) is 5. The maximum absolute atomic E-state index is 12.0. The second kappa shape index (κ2) is 5.01. The highest BCUT2D eigenvalue weighted by Gasteiger charge is 2.51. The topological polar surface area (TPSA) is 66.2 Å². The molecule has 6 nitrogen and oxygen atoms in total. The lowest BCUT2D eigenvalue weighted by molar-refractivity contribution is -0.133. The van der Waals surface area contributed by atoms with E-state index in [-0.39, 0.29) is 17.2 Å².